The second-order valence-electron chi connectivity index (χ2n) is 7.74. The molecule has 0 aliphatic heterocycles. The molecule has 0 N–H and O–H groups in total. The fourth-order valence-electron chi connectivity index (χ4n) is 3.64. The van der Waals surface area contributed by atoms with Gasteiger partial charge in [-0.1, -0.05) is 18.0 Å². The Labute approximate surface area is 187 Å². The molecule has 2 heterocycles. The summed E-state index contributed by atoms with van der Waals surface area (Å²) in [5.74, 6) is 0.403. The van der Waals surface area contributed by atoms with Crippen molar-refractivity contribution >= 4 is 17.5 Å². The Balaban J connectivity index is 1.70. The first-order chi connectivity index (χ1) is 15.2. The van der Waals surface area contributed by atoms with E-state index in [1.165, 1.54) is 22.0 Å². The smallest absolute Gasteiger partial charge is 0.328 e. The van der Waals surface area contributed by atoms with Gasteiger partial charge >= 0.3 is 6.18 Å². The average molecular weight is 465 g/mol. The molecule has 2 aromatic heterocycles. The largest absolute Gasteiger partial charge is 0.416 e. The number of nitrogens with zero attached hydrogens (tertiary/aromatic N) is 6. The van der Waals surface area contributed by atoms with E-state index >= 15 is 0 Å². The molecule has 1 amide bonds. The second-order valence-corrected chi connectivity index (χ2v) is 8.17. The highest BCUT2D eigenvalue weighted by atomic mass is 35.5. The maximum atomic E-state index is 13.4. The Morgan fingerprint density at radius 3 is 2.56 bits per heavy atom. The molecule has 1 aliphatic rings. The molecule has 7 nitrogen and oxygen atoms in total. The molecule has 32 heavy (non-hydrogen) atoms. The molecule has 0 bridgehead atoms. The van der Waals surface area contributed by atoms with Gasteiger partial charge in [-0.15, -0.1) is 0 Å². The molecule has 0 saturated heterocycles. The summed E-state index contributed by atoms with van der Waals surface area (Å²) in [5, 5.41) is 4.02. The van der Waals surface area contributed by atoms with Crippen molar-refractivity contribution in [3.63, 3.8) is 0 Å². The summed E-state index contributed by atoms with van der Waals surface area (Å²) in [4.78, 5) is 27.6. The number of hydrogen-bond donors (Lipinski definition) is 0. The van der Waals surface area contributed by atoms with Gasteiger partial charge < -0.3 is 4.90 Å². The maximum absolute atomic E-state index is 13.4. The lowest BCUT2D eigenvalue weighted by atomic mass is 9.84. The quantitative estimate of drug-likeness (QED) is 0.527. The Morgan fingerprint density at radius 1 is 1.22 bits per heavy atom. The van der Waals surface area contributed by atoms with E-state index in [0.717, 1.165) is 31.4 Å². The molecule has 1 saturated carbocycles. The fraction of sp³-hybridized carbons (Fsp3) is 0.381. The van der Waals surface area contributed by atoms with Crippen molar-refractivity contribution in [2.24, 2.45) is 5.92 Å². The molecule has 168 valence electrons. The van der Waals surface area contributed by atoms with Crippen LogP contribution in [0.5, 0.6) is 0 Å². The molecule has 1 unspecified atom stereocenters. The first kappa shape index (κ1) is 22.2. The van der Waals surface area contributed by atoms with Crippen molar-refractivity contribution in [3.8, 4) is 5.95 Å². The topological polar surface area (TPSA) is 76.8 Å². The highest BCUT2D eigenvalue weighted by Crippen LogP contribution is 2.34. The summed E-state index contributed by atoms with van der Waals surface area (Å²) < 4.78 is 41.3. The van der Waals surface area contributed by atoms with Gasteiger partial charge in [0.15, 0.2) is 5.82 Å². The lowest BCUT2D eigenvalue weighted by Crippen LogP contribution is -2.40. The number of carbonyl (C=O) groups excluding carboxylic acids is 1. The van der Waals surface area contributed by atoms with Gasteiger partial charge in [-0.05, 0) is 49.9 Å². The number of benzene rings is 1. The third-order valence-electron chi connectivity index (χ3n) is 5.57. The molecular formula is C21H20ClF3N6O. The number of carbonyl (C=O) groups is 1. The number of hydrogen-bond acceptors (Lipinski definition) is 5. The normalized spacial score (nSPS) is 15.3. The summed E-state index contributed by atoms with van der Waals surface area (Å²) in [6.07, 6.45) is 2.79. The number of rotatable bonds is 6. The first-order valence-electron chi connectivity index (χ1n) is 10.1. The van der Waals surface area contributed by atoms with E-state index in [4.69, 9.17) is 11.6 Å². The number of halogens is 4. The highest BCUT2D eigenvalue weighted by Gasteiger charge is 2.34. The second kappa shape index (κ2) is 8.85. The standard InChI is InChI=1S/C21H20ClF3N6O/c1-13(18-28-12-29-31(18)20-26-6-3-7-27-20)30(11-14-4-2-5-14)19(32)15-8-16(21(23,24)25)10-17(22)9-15/h3,6-10,12-14H,2,4-5,11H2,1H3. The first-order valence-corrected chi connectivity index (χ1v) is 10.5. The Hall–Kier alpha value is -3.01. The number of amides is 1. The zero-order chi connectivity index (χ0) is 22.9. The van der Waals surface area contributed by atoms with Gasteiger partial charge in [-0.25, -0.2) is 15.0 Å². The summed E-state index contributed by atoms with van der Waals surface area (Å²) in [7, 11) is 0. The summed E-state index contributed by atoms with van der Waals surface area (Å²) in [6, 6.07) is 3.96. The van der Waals surface area contributed by atoms with Crippen LogP contribution in [-0.2, 0) is 6.18 Å². The van der Waals surface area contributed by atoms with E-state index in [2.05, 4.69) is 20.1 Å². The molecule has 11 heteroatoms. The van der Waals surface area contributed by atoms with Gasteiger partial charge in [0.25, 0.3) is 11.9 Å². The van der Waals surface area contributed by atoms with Crippen molar-refractivity contribution in [3.05, 3.63) is 65.0 Å². The van der Waals surface area contributed by atoms with Crippen LogP contribution in [0.4, 0.5) is 13.2 Å². The van der Waals surface area contributed by atoms with Crippen LogP contribution in [0.1, 0.15) is 54.0 Å². The third kappa shape index (κ3) is 4.59. The molecule has 1 atom stereocenters. The maximum Gasteiger partial charge on any atom is 0.416 e. The van der Waals surface area contributed by atoms with E-state index in [-0.39, 0.29) is 22.5 Å². The van der Waals surface area contributed by atoms with Crippen LogP contribution >= 0.6 is 11.6 Å². The Morgan fingerprint density at radius 2 is 1.94 bits per heavy atom. The van der Waals surface area contributed by atoms with Crippen LogP contribution in [0.3, 0.4) is 0 Å². The third-order valence-corrected chi connectivity index (χ3v) is 5.79. The van der Waals surface area contributed by atoms with Crippen LogP contribution in [0.2, 0.25) is 5.02 Å². The minimum atomic E-state index is -4.62. The predicted molar refractivity (Wildman–Crippen MR) is 110 cm³/mol. The Kier molecular flexibility index (Phi) is 6.14. The zero-order valence-corrected chi connectivity index (χ0v) is 17.9. The molecule has 1 aliphatic carbocycles. The van der Waals surface area contributed by atoms with E-state index in [9.17, 15) is 18.0 Å². The number of alkyl halides is 3. The predicted octanol–water partition coefficient (Wildman–Crippen LogP) is 4.73. The van der Waals surface area contributed by atoms with Crippen LogP contribution in [0, 0.1) is 5.92 Å². The highest BCUT2D eigenvalue weighted by molar-refractivity contribution is 6.31. The monoisotopic (exact) mass is 464 g/mol. The van der Waals surface area contributed by atoms with Gasteiger partial charge in [0.1, 0.15) is 6.33 Å². The minimum absolute atomic E-state index is 0.127. The summed E-state index contributed by atoms with van der Waals surface area (Å²) >= 11 is 5.92. The van der Waals surface area contributed by atoms with Gasteiger partial charge in [-0.2, -0.15) is 23.0 Å². The van der Waals surface area contributed by atoms with Gasteiger partial charge in [-0.3, -0.25) is 4.79 Å². The van der Waals surface area contributed by atoms with Crippen LogP contribution < -0.4 is 0 Å². The van der Waals surface area contributed by atoms with Gasteiger partial charge in [0, 0.05) is 29.5 Å². The van der Waals surface area contributed by atoms with Crippen LogP contribution in [0.15, 0.2) is 43.0 Å². The fourth-order valence-corrected chi connectivity index (χ4v) is 3.88. The molecule has 1 aromatic carbocycles. The van der Waals surface area contributed by atoms with Crippen molar-refractivity contribution in [2.45, 2.75) is 38.4 Å². The van der Waals surface area contributed by atoms with Gasteiger partial charge in [0.05, 0.1) is 11.6 Å². The van der Waals surface area contributed by atoms with Crippen LogP contribution in [-0.4, -0.2) is 42.1 Å². The molecule has 0 radical (unpaired) electrons. The number of aromatic nitrogens is 5. The molecular weight excluding hydrogens is 445 g/mol. The summed E-state index contributed by atoms with van der Waals surface area (Å²) in [5.41, 5.74) is -1.09. The molecule has 3 aromatic rings. The minimum Gasteiger partial charge on any atom is -0.328 e. The van der Waals surface area contributed by atoms with Crippen molar-refractivity contribution < 1.29 is 18.0 Å². The molecule has 1 fully saturated rings. The van der Waals surface area contributed by atoms with E-state index in [1.807, 2.05) is 0 Å². The average Bonchev–Trinajstić information content (AvgIpc) is 3.22. The van der Waals surface area contributed by atoms with Gasteiger partial charge in [0.2, 0.25) is 0 Å². The van der Waals surface area contributed by atoms with E-state index in [0.29, 0.717) is 12.4 Å². The van der Waals surface area contributed by atoms with E-state index in [1.54, 1.807) is 25.4 Å². The molecule has 0 spiro atoms. The summed E-state index contributed by atoms with van der Waals surface area (Å²) in [6.45, 7) is 2.14. The van der Waals surface area contributed by atoms with Crippen molar-refractivity contribution in [1.29, 1.82) is 0 Å². The zero-order valence-electron chi connectivity index (χ0n) is 17.1. The lowest BCUT2D eigenvalue weighted by Gasteiger charge is -2.35. The lowest BCUT2D eigenvalue weighted by molar-refractivity contribution is -0.137. The Bertz CT molecular complexity index is 1100. The SMILES string of the molecule is CC(c1ncnn1-c1ncccn1)N(CC1CCC1)C(=O)c1cc(Cl)cc(C(F)(F)F)c1. The van der Waals surface area contributed by atoms with Crippen molar-refractivity contribution in [2.75, 3.05) is 6.54 Å². The van der Waals surface area contributed by atoms with E-state index < -0.39 is 23.7 Å². The van der Waals surface area contributed by atoms with Crippen molar-refractivity contribution in [1.82, 2.24) is 29.6 Å². The van der Waals surface area contributed by atoms with Crippen LogP contribution in [0.25, 0.3) is 5.95 Å². The molecule has 4 rings (SSSR count).